The van der Waals surface area contributed by atoms with Crippen molar-refractivity contribution in [2.45, 2.75) is 13.1 Å². The largest absolute Gasteiger partial charge is 0.467 e. The molecule has 0 aliphatic carbocycles. The molecule has 5 aromatic heterocycles. The van der Waals surface area contributed by atoms with Crippen molar-refractivity contribution >= 4 is 22.8 Å². The van der Waals surface area contributed by atoms with E-state index >= 15 is 0 Å². The van der Waals surface area contributed by atoms with E-state index in [1.807, 2.05) is 55.4 Å². The number of carbonyl (C=O) groups is 1. The maximum absolute atomic E-state index is 13.3. The van der Waals surface area contributed by atoms with Crippen molar-refractivity contribution in [1.82, 2.24) is 30.0 Å². The maximum atomic E-state index is 13.3. The van der Waals surface area contributed by atoms with E-state index < -0.39 is 0 Å². The zero-order valence-corrected chi connectivity index (χ0v) is 18.8. The lowest BCUT2D eigenvalue weighted by atomic mass is 10.1. The number of hydrogen-bond acceptors (Lipinski definition) is 7. The molecule has 34 heavy (non-hydrogen) atoms. The van der Waals surface area contributed by atoms with Crippen LogP contribution in [0.25, 0.3) is 22.3 Å². The second kappa shape index (κ2) is 9.14. The molecule has 1 amide bonds. The molecule has 0 saturated heterocycles. The van der Waals surface area contributed by atoms with Crippen LogP contribution in [0, 0.1) is 0 Å². The van der Waals surface area contributed by atoms with Gasteiger partial charge in [-0.2, -0.15) is 5.10 Å². The van der Waals surface area contributed by atoms with Gasteiger partial charge in [0.25, 0.3) is 5.91 Å². The van der Waals surface area contributed by atoms with E-state index in [0.717, 1.165) is 22.7 Å². The molecule has 1 N–H and O–H groups in total. The van der Waals surface area contributed by atoms with Gasteiger partial charge in [0.2, 0.25) is 0 Å². The molecule has 0 aliphatic rings. The van der Waals surface area contributed by atoms with Crippen LogP contribution in [0.2, 0.25) is 0 Å². The number of anilines is 1. The second-order valence-electron chi connectivity index (χ2n) is 8.02. The Morgan fingerprint density at radius 1 is 1.12 bits per heavy atom. The van der Waals surface area contributed by atoms with Crippen LogP contribution < -0.4 is 10.2 Å². The summed E-state index contributed by atoms with van der Waals surface area (Å²) in [4.78, 5) is 28.6. The number of furan rings is 1. The minimum absolute atomic E-state index is 0.210. The highest BCUT2D eigenvalue weighted by molar-refractivity contribution is 6.06. The maximum Gasteiger partial charge on any atom is 0.252 e. The van der Waals surface area contributed by atoms with Crippen LogP contribution in [-0.4, -0.2) is 44.7 Å². The van der Waals surface area contributed by atoms with Gasteiger partial charge in [-0.15, -0.1) is 0 Å². The molecule has 0 atom stereocenters. The van der Waals surface area contributed by atoms with Gasteiger partial charge in [-0.3, -0.25) is 9.78 Å². The molecule has 0 radical (unpaired) electrons. The van der Waals surface area contributed by atoms with Gasteiger partial charge in [0.1, 0.15) is 18.1 Å². The first-order valence-corrected chi connectivity index (χ1v) is 10.8. The molecule has 5 heterocycles. The van der Waals surface area contributed by atoms with Gasteiger partial charge in [-0.25, -0.2) is 14.6 Å². The SMILES string of the molecule is CN(C)c1cc(CNC(=O)c2cc(-c3cccnc3)nc3c2cnn3Cc2ccco2)ccn1. The lowest BCUT2D eigenvalue weighted by Crippen LogP contribution is -2.23. The van der Waals surface area contributed by atoms with Crippen molar-refractivity contribution in [2.75, 3.05) is 19.0 Å². The zero-order valence-electron chi connectivity index (χ0n) is 18.8. The number of nitrogens with one attached hydrogen (secondary N) is 1. The van der Waals surface area contributed by atoms with Gasteiger partial charge in [0, 0.05) is 44.8 Å². The molecular formula is C25H23N7O2. The Balaban J connectivity index is 1.50. The minimum atomic E-state index is -0.210. The third kappa shape index (κ3) is 4.36. The average Bonchev–Trinajstić information content (AvgIpc) is 3.53. The fourth-order valence-corrected chi connectivity index (χ4v) is 3.66. The summed E-state index contributed by atoms with van der Waals surface area (Å²) in [5, 5.41) is 8.17. The van der Waals surface area contributed by atoms with E-state index in [-0.39, 0.29) is 5.91 Å². The third-order valence-corrected chi connectivity index (χ3v) is 5.42. The van der Waals surface area contributed by atoms with Crippen LogP contribution in [0.5, 0.6) is 0 Å². The van der Waals surface area contributed by atoms with Crippen LogP contribution in [0.15, 0.2) is 77.9 Å². The molecule has 0 bridgehead atoms. The second-order valence-corrected chi connectivity index (χ2v) is 8.02. The quantitative estimate of drug-likeness (QED) is 0.402. The van der Waals surface area contributed by atoms with E-state index in [2.05, 4.69) is 20.4 Å². The number of pyridine rings is 3. The van der Waals surface area contributed by atoms with Crippen LogP contribution in [0.4, 0.5) is 5.82 Å². The first-order valence-electron chi connectivity index (χ1n) is 10.8. The Kier molecular flexibility index (Phi) is 5.73. The summed E-state index contributed by atoms with van der Waals surface area (Å²) in [6.07, 6.45) is 8.45. The Morgan fingerprint density at radius 2 is 2.03 bits per heavy atom. The van der Waals surface area contributed by atoms with Crippen molar-refractivity contribution < 1.29 is 9.21 Å². The molecule has 5 aromatic rings. The van der Waals surface area contributed by atoms with E-state index in [1.54, 1.807) is 41.8 Å². The van der Waals surface area contributed by atoms with Gasteiger partial charge < -0.3 is 14.6 Å². The predicted molar refractivity (Wildman–Crippen MR) is 128 cm³/mol. The smallest absolute Gasteiger partial charge is 0.252 e. The molecule has 0 aromatic carbocycles. The van der Waals surface area contributed by atoms with Crippen molar-refractivity contribution in [1.29, 1.82) is 0 Å². The molecule has 170 valence electrons. The molecule has 9 nitrogen and oxygen atoms in total. The Bertz CT molecular complexity index is 1430. The van der Waals surface area contributed by atoms with Crippen molar-refractivity contribution in [2.24, 2.45) is 0 Å². The highest BCUT2D eigenvalue weighted by Gasteiger charge is 2.18. The first-order chi connectivity index (χ1) is 16.6. The Labute approximate surface area is 196 Å². The molecule has 5 rings (SSSR count). The van der Waals surface area contributed by atoms with E-state index in [4.69, 9.17) is 9.40 Å². The predicted octanol–water partition coefficient (Wildman–Crippen LogP) is 3.53. The molecule has 0 spiro atoms. The number of carbonyl (C=O) groups excluding carboxylic acids is 1. The van der Waals surface area contributed by atoms with Crippen molar-refractivity contribution in [3.63, 3.8) is 0 Å². The van der Waals surface area contributed by atoms with Crippen molar-refractivity contribution in [3.8, 4) is 11.3 Å². The lowest BCUT2D eigenvalue weighted by molar-refractivity contribution is 0.0952. The van der Waals surface area contributed by atoms with Crippen LogP contribution in [-0.2, 0) is 13.1 Å². The number of nitrogens with zero attached hydrogens (tertiary/aromatic N) is 6. The topological polar surface area (TPSA) is 102 Å². The van der Waals surface area contributed by atoms with Crippen LogP contribution in [0.1, 0.15) is 21.7 Å². The number of amides is 1. The van der Waals surface area contributed by atoms with E-state index in [1.165, 1.54) is 0 Å². The molecule has 0 fully saturated rings. The summed E-state index contributed by atoms with van der Waals surface area (Å²) in [5.74, 6) is 1.37. The fraction of sp³-hybridized carbons (Fsp3) is 0.160. The Hall–Kier alpha value is -4.53. The minimum Gasteiger partial charge on any atom is -0.467 e. The highest BCUT2D eigenvalue weighted by Crippen LogP contribution is 2.25. The summed E-state index contributed by atoms with van der Waals surface area (Å²) in [6.45, 7) is 0.778. The average molecular weight is 454 g/mol. The molecule has 0 aliphatic heterocycles. The van der Waals surface area contributed by atoms with Gasteiger partial charge >= 0.3 is 0 Å². The molecule has 9 heteroatoms. The number of fused-ring (bicyclic) bond motifs is 1. The number of hydrogen-bond donors (Lipinski definition) is 1. The molecular weight excluding hydrogens is 430 g/mol. The van der Waals surface area contributed by atoms with Crippen LogP contribution >= 0.6 is 0 Å². The van der Waals surface area contributed by atoms with E-state index in [9.17, 15) is 4.79 Å². The zero-order chi connectivity index (χ0) is 23.5. The summed E-state index contributed by atoms with van der Waals surface area (Å²) in [7, 11) is 3.86. The first kappa shape index (κ1) is 21.3. The van der Waals surface area contributed by atoms with E-state index in [0.29, 0.717) is 35.4 Å². The van der Waals surface area contributed by atoms with Crippen LogP contribution in [0.3, 0.4) is 0 Å². The van der Waals surface area contributed by atoms with Gasteiger partial charge in [0.15, 0.2) is 5.65 Å². The van der Waals surface area contributed by atoms with Gasteiger partial charge in [0.05, 0.1) is 29.1 Å². The highest BCUT2D eigenvalue weighted by atomic mass is 16.3. The third-order valence-electron chi connectivity index (χ3n) is 5.42. The number of aromatic nitrogens is 5. The Morgan fingerprint density at radius 3 is 2.79 bits per heavy atom. The molecule has 0 unspecified atom stereocenters. The summed E-state index contributed by atoms with van der Waals surface area (Å²) in [5.41, 5.74) is 3.51. The number of rotatable bonds is 7. The van der Waals surface area contributed by atoms with Gasteiger partial charge in [-0.1, -0.05) is 0 Å². The molecule has 0 saturated carbocycles. The van der Waals surface area contributed by atoms with Crippen molar-refractivity contribution in [3.05, 3.63) is 90.4 Å². The summed E-state index contributed by atoms with van der Waals surface area (Å²) in [6, 6.07) is 13.1. The standard InChI is InChI=1S/C25H23N7O2/c1-31(2)23-11-17(7-9-27-23)13-28-25(33)20-12-22(18-5-3-8-26-14-18)30-24-21(20)15-29-32(24)16-19-6-4-10-34-19/h3-12,14-15H,13,16H2,1-2H3,(H,28,33). The monoisotopic (exact) mass is 453 g/mol. The fourth-order valence-electron chi connectivity index (χ4n) is 3.66. The summed E-state index contributed by atoms with van der Waals surface area (Å²) >= 11 is 0. The normalized spacial score (nSPS) is 11.0. The summed E-state index contributed by atoms with van der Waals surface area (Å²) < 4.78 is 7.21. The van der Waals surface area contributed by atoms with Gasteiger partial charge in [-0.05, 0) is 48.0 Å². The lowest BCUT2D eigenvalue weighted by Gasteiger charge is -2.13.